The highest BCUT2D eigenvalue weighted by Crippen LogP contribution is 2.29. The highest BCUT2D eigenvalue weighted by Gasteiger charge is 2.33. The molecule has 0 bridgehead atoms. The first kappa shape index (κ1) is 22.6. The van der Waals surface area contributed by atoms with E-state index >= 15 is 0 Å². The number of likely N-dealkylation sites (tertiary alicyclic amines) is 1. The lowest BCUT2D eigenvalue weighted by Gasteiger charge is -2.38. The fourth-order valence-electron chi connectivity index (χ4n) is 4.17. The predicted octanol–water partition coefficient (Wildman–Crippen LogP) is 3.19. The van der Waals surface area contributed by atoms with Crippen molar-refractivity contribution in [3.8, 4) is 5.69 Å². The molecule has 1 fully saturated rings. The second-order valence-electron chi connectivity index (χ2n) is 8.54. The van der Waals surface area contributed by atoms with Crippen molar-refractivity contribution in [2.45, 2.75) is 44.6 Å². The van der Waals surface area contributed by atoms with E-state index in [0.717, 1.165) is 22.4 Å². The molecule has 1 aromatic heterocycles. The van der Waals surface area contributed by atoms with Gasteiger partial charge in [0.1, 0.15) is 12.1 Å². The van der Waals surface area contributed by atoms with Crippen LogP contribution in [-0.2, 0) is 17.6 Å². The molecule has 0 saturated carbocycles. The quantitative estimate of drug-likeness (QED) is 0.585. The molecule has 1 amide bonds. The Kier molecular flexibility index (Phi) is 6.47. The molecule has 1 aliphatic heterocycles. The van der Waals surface area contributed by atoms with Gasteiger partial charge in [-0.15, -0.1) is 5.10 Å². The highest BCUT2D eigenvalue weighted by atomic mass is 19.1. The van der Waals surface area contributed by atoms with Crippen LogP contribution in [0, 0.1) is 19.3 Å². The van der Waals surface area contributed by atoms with Gasteiger partial charge in [-0.3, -0.25) is 4.79 Å². The number of hydrogen-bond acceptors (Lipinski definition) is 5. The van der Waals surface area contributed by atoms with Crippen LogP contribution < -0.4 is 0 Å². The monoisotopic (exact) mass is 448 g/mol. The minimum Gasteiger partial charge on any atom is -0.390 e. The molecule has 9 heteroatoms. The van der Waals surface area contributed by atoms with Crippen LogP contribution in [0.1, 0.15) is 36.0 Å². The van der Waals surface area contributed by atoms with Crippen molar-refractivity contribution in [2.75, 3.05) is 13.1 Å². The lowest BCUT2D eigenvalue weighted by Crippen LogP contribution is -2.47. The van der Waals surface area contributed by atoms with E-state index < -0.39 is 11.4 Å². The van der Waals surface area contributed by atoms with Gasteiger partial charge in [0.05, 0.1) is 24.3 Å². The molecular formula is C24H25FN6O2. The van der Waals surface area contributed by atoms with Gasteiger partial charge in [0.15, 0.2) is 0 Å². The number of nitrogens with zero attached hydrogens (tertiary/aromatic N) is 6. The molecule has 170 valence electrons. The third-order valence-electron chi connectivity index (χ3n) is 6.34. The van der Waals surface area contributed by atoms with Gasteiger partial charge in [0, 0.05) is 13.1 Å². The summed E-state index contributed by atoms with van der Waals surface area (Å²) in [5.41, 5.74) is 2.73. The number of piperidine rings is 1. The zero-order valence-electron chi connectivity index (χ0n) is 18.4. The van der Waals surface area contributed by atoms with Gasteiger partial charge in [-0.1, -0.05) is 23.8 Å². The van der Waals surface area contributed by atoms with Crippen LogP contribution in [0.3, 0.4) is 0 Å². The van der Waals surface area contributed by atoms with E-state index in [0.29, 0.717) is 45.2 Å². The van der Waals surface area contributed by atoms with Crippen LogP contribution >= 0.6 is 0 Å². The summed E-state index contributed by atoms with van der Waals surface area (Å²) in [7, 11) is 0. The number of tetrazole rings is 1. The van der Waals surface area contributed by atoms with Gasteiger partial charge in [0.25, 0.3) is 0 Å². The molecule has 0 atom stereocenters. The Morgan fingerprint density at radius 1 is 1.24 bits per heavy atom. The molecule has 2 aromatic carbocycles. The molecule has 4 rings (SSSR count). The summed E-state index contributed by atoms with van der Waals surface area (Å²) >= 11 is 0. The molecule has 1 N–H and O–H groups in total. The average Bonchev–Trinajstić information content (AvgIpc) is 3.35. The van der Waals surface area contributed by atoms with E-state index in [4.69, 9.17) is 6.57 Å². The molecule has 1 aliphatic rings. The molecule has 2 heterocycles. The normalized spacial score (nSPS) is 15.3. The lowest BCUT2D eigenvalue weighted by molar-refractivity contribution is -0.134. The number of aryl methyl sites for hydroxylation is 2. The smallest absolute Gasteiger partial charge is 0.227 e. The largest absolute Gasteiger partial charge is 0.390 e. The number of carbonyl (C=O) groups is 1. The molecule has 1 saturated heterocycles. The Hall–Kier alpha value is -3.64. The SMILES string of the molecule is [C-]#[N+]c1cc(CCC2(O)CCN(C(=O)Cc3ccc(-n4cnnn4)cc3C)CC2)ccc1F. The fourth-order valence-corrected chi connectivity index (χ4v) is 4.17. The van der Waals surface area contributed by atoms with E-state index in [1.165, 1.54) is 18.5 Å². The summed E-state index contributed by atoms with van der Waals surface area (Å²) in [5.74, 6) is -0.491. The minimum atomic E-state index is -0.868. The van der Waals surface area contributed by atoms with Crippen molar-refractivity contribution < 1.29 is 14.3 Å². The Morgan fingerprint density at radius 3 is 2.70 bits per heavy atom. The first-order chi connectivity index (χ1) is 15.9. The van der Waals surface area contributed by atoms with Crippen molar-refractivity contribution in [3.05, 3.63) is 76.7 Å². The van der Waals surface area contributed by atoms with Gasteiger partial charge < -0.3 is 10.0 Å². The summed E-state index contributed by atoms with van der Waals surface area (Å²) < 4.78 is 15.1. The summed E-state index contributed by atoms with van der Waals surface area (Å²) in [6.07, 6.45) is 3.87. The number of rotatable bonds is 6. The summed E-state index contributed by atoms with van der Waals surface area (Å²) in [4.78, 5) is 17.9. The molecule has 0 aliphatic carbocycles. The second kappa shape index (κ2) is 9.46. The minimum absolute atomic E-state index is 0.00110. The molecule has 33 heavy (non-hydrogen) atoms. The Balaban J connectivity index is 1.31. The van der Waals surface area contributed by atoms with Crippen LogP contribution in [0.25, 0.3) is 10.5 Å². The lowest BCUT2D eigenvalue weighted by atomic mass is 9.85. The maximum Gasteiger partial charge on any atom is 0.227 e. The van der Waals surface area contributed by atoms with Gasteiger partial charge in [-0.25, -0.2) is 13.9 Å². The topological polar surface area (TPSA) is 88.5 Å². The summed E-state index contributed by atoms with van der Waals surface area (Å²) in [5, 5.41) is 22.1. The maximum absolute atomic E-state index is 13.5. The standard InChI is InChI=1S/C24H25FN6O2/c1-17-13-20(31-16-27-28-29-31)5-4-19(17)15-23(32)30-11-9-24(33,10-12-30)8-7-18-3-6-21(25)22(14-18)26-2/h3-6,13-14,16,33H,7-12,15H2,1H3. The number of carbonyl (C=O) groups excluding carboxylic acids is 1. The Bertz CT molecular complexity index is 1180. The van der Waals surface area contributed by atoms with Crippen LogP contribution in [-0.4, -0.2) is 54.8 Å². The molecular weight excluding hydrogens is 423 g/mol. The molecule has 0 spiro atoms. The zero-order chi connectivity index (χ0) is 23.4. The molecule has 8 nitrogen and oxygen atoms in total. The highest BCUT2D eigenvalue weighted by molar-refractivity contribution is 5.79. The molecule has 0 radical (unpaired) electrons. The second-order valence-corrected chi connectivity index (χ2v) is 8.54. The number of amides is 1. The fraction of sp³-hybridized carbons (Fsp3) is 0.375. The van der Waals surface area contributed by atoms with Gasteiger partial charge >= 0.3 is 0 Å². The zero-order valence-corrected chi connectivity index (χ0v) is 18.4. The van der Waals surface area contributed by atoms with E-state index in [-0.39, 0.29) is 11.6 Å². The third kappa shape index (κ3) is 5.23. The number of halogens is 1. The van der Waals surface area contributed by atoms with E-state index in [2.05, 4.69) is 20.4 Å². The van der Waals surface area contributed by atoms with E-state index in [1.54, 1.807) is 15.6 Å². The maximum atomic E-state index is 13.5. The van der Waals surface area contributed by atoms with Crippen LogP contribution in [0.15, 0.2) is 42.7 Å². The first-order valence-electron chi connectivity index (χ1n) is 10.9. The van der Waals surface area contributed by atoms with Crippen molar-refractivity contribution in [2.24, 2.45) is 0 Å². The first-order valence-corrected chi connectivity index (χ1v) is 10.9. The van der Waals surface area contributed by atoms with Gasteiger partial charge in [0.2, 0.25) is 11.6 Å². The van der Waals surface area contributed by atoms with Crippen molar-refractivity contribution in [3.63, 3.8) is 0 Å². The average molecular weight is 449 g/mol. The van der Waals surface area contributed by atoms with Crippen LogP contribution in [0.4, 0.5) is 10.1 Å². The molecule has 0 unspecified atom stereocenters. The summed E-state index contributed by atoms with van der Waals surface area (Å²) in [6.45, 7) is 9.98. The third-order valence-corrected chi connectivity index (χ3v) is 6.34. The predicted molar refractivity (Wildman–Crippen MR) is 119 cm³/mol. The van der Waals surface area contributed by atoms with Crippen molar-refractivity contribution in [1.29, 1.82) is 0 Å². The van der Waals surface area contributed by atoms with Crippen molar-refractivity contribution in [1.82, 2.24) is 25.1 Å². The number of aromatic nitrogens is 4. The number of benzene rings is 2. The van der Waals surface area contributed by atoms with E-state index in [1.807, 2.05) is 25.1 Å². The number of aliphatic hydroxyl groups is 1. The Labute approximate surface area is 191 Å². The van der Waals surface area contributed by atoms with E-state index in [9.17, 15) is 14.3 Å². The van der Waals surface area contributed by atoms with Crippen LogP contribution in [0.5, 0.6) is 0 Å². The van der Waals surface area contributed by atoms with Crippen molar-refractivity contribution >= 4 is 11.6 Å². The number of hydrogen-bond donors (Lipinski definition) is 1. The molecule has 3 aromatic rings. The van der Waals surface area contributed by atoms with Gasteiger partial charge in [-0.2, -0.15) is 0 Å². The van der Waals surface area contributed by atoms with Gasteiger partial charge in [-0.05, 0) is 72.4 Å². The Morgan fingerprint density at radius 2 is 2.03 bits per heavy atom. The summed E-state index contributed by atoms with van der Waals surface area (Å²) in [6, 6.07) is 10.2. The van der Waals surface area contributed by atoms with Crippen LogP contribution in [0.2, 0.25) is 0 Å².